The van der Waals surface area contributed by atoms with E-state index in [9.17, 15) is 4.79 Å². The predicted molar refractivity (Wildman–Crippen MR) is 39.0 cm³/mol. The number of ether oxygens (including phenoxy) is 2. The van der Waals surface area contributed by atoms with E-state index in [1.54, 1.807) is 0 Å². The Bertz CT molecular complexity index is 149. The van der Waals surface area contributed by atoms with Gasteiger partial charge in [0.25, 0.3) is 0 Å². The second-order valence-electron chi connectivity index (χ2n) is 2.68. The Balaban J connectivity index is 2.35. The average Bonchev–Trinajstić information content (AvgIpc) is 1.93. The minimum absolute atomic E-state index is 0.0624. The molecule has 1 fully saturated rings. The van der Waals surface area contributed by atoms with E-state index in [4.69, 9.17) is 15.2 Å². The van der Waals surface area contributed by atoms with Gasteiger partial charge in [0.1, 0.15) is 6.10 Å². The molecule has 11 heavy (non-hydrogen) atoms. The van der Waals surface area contributed by atoms with Crippen LogP contribution in [-0.2, 0) is 14.3 Å². The van der Waals surface area contributed by atoms with Crippen LogP contribution in [0, 0.1) is 0 Å². The van der Waals surface area contributed by atoms with Gasteiger partial charge in [-0.05, 0) is 6.42 Å². The Hall–Kier alpha value is -0.610. The number of rotatable bonds is 1. The second-order valence-corrected chi connectivity index (χ2v) is 2.68. The fraction of sp³-hybridized carbons (Fsp3) is 0.857. The van der Waals surface area contributed by atoms with Crippen molar-refractivity contribution in [3.8, 4) is 0 Å². The Morgan fingerprint density at radius 1 is 1.73 bits per heavy atom. The Morgan fingerprint density at radius 3 is 3.00 bits per heavy atom. The highest BCUT2D eigenvalue weighted by Crippen LogP contribution is 2.08. The predicted octanol–water partition coefficient (Wildman–Crippen LogP) is -0.334. The number of hydrogen-bond donors (Lipinski definition) is 1. The van der Waals surface area contributed by atoms with Crippen molar-refractivity contribution in [2.24, 2.45) is 5.73 Å². The first-order valence-corrected chi connectivity index (χ1v) is 3.70. The molecule has 2 unspecified atom stereocenters. The summed E-state index contributed by atoms with van der Waals surface area (Å²) in [5.41, 5.74) is 5.67. The van der Waals surface area contributed by atoms with Gasteiger partial charge in [0, 0.05) is 19.6 Å². The van der Waals surface area contributed by atoms with Crippen LogP contribution >= 0.6 is 0 Å². The molecule has 4 nitrogen and oxygen atoms in total. The second kappa shape index (κ2) is 3.69. The third-order valence-electron chi connectivity index (χ3n) is 1.67. The first-order chi connectivity index (χ1) is 5.20. The van der Waals surface area contributed by atoms with E-state index in [0.717, 1.165) is 6.42 Å². The molecule has 0 aromatic heterocycles. The largest absolute Gasteiger partial charge is 0.458 e. The molecule has 0 bridgehead atoms. The van der Waals surface area contributed by atoms with E-state index in [1.807, 2.05) is 0 Å². The maximum Gasteiger partial charge on any atom is 0.303 e. The van der Waals surface area contributed by atoms with E-state index < -0.39 is 0 Å². The highest BCUT2D eigenvalue weighted by Gasteiger charge is 2.24. The Labute approximate surface area is 65.7 Å². The third kappa shape index (κ3) is 2.48. The molecule has 0 aliphatic carbocycles. The third-order valence-corrected chi connectivity index (χ3v) is 1.67. The van der Waals surface area contributed by atoms with Gasteiger partial charge in [-0.1, -0.05) is 0 Å². The molecule has 0 amide bonds. The maximum absolute atomic E-state index is 10.5. The molecule has 1 aliphatic heterocycles. The molecule has 1 saturated heterocycles. The molecule has 2 N–H and O–H groups in total. The number of hydrogen-bond acceptors (Lipinski definition) is 4. The van der Waals surface area contributed by atoms with Crippen LogP contribution < -0.4 is 5.73 Å². The summed E-state index contributed by atoms with van der Waals surface area (Å²) in [5.74, 6) is -0.295. The minimum atomic E-state index is -0.295. The summed E-state index contributed by atoms with van der Waals surface area (Å²) in [6, 6.07) is -0.0624. The smallest absolute Gasteiger partial charge is 0.303 e. The molecule has 1 heterocycles. The molecule has 1 aliphatic rings. The SMILES string of the molecule is CC(=O)OC1COCCC1N. The summed E-state index contributed by atoms with van der Waals surface area (Å²) in [4.78, 5) is 10.5. The van der Waals surface area contributed by atoms with Crippen LogP contribution in [0.25, 0.3) is 0 Å². The van der Waals surface area contributed by atoms with E-state index in [-0.39, 0.29) is 18.1 Å². The van der Waals surface area contributed by atoms with E-state index in [0.29, 0.717) is 13.2 Å². The van der Waals surface area contributed by atoms with Gasteiger partial charge in [0.2, 0.25) is 0 Å². The number of nitrogens with two attached hydrogens (primary N) is 1. The van der Waals surface area contributed by atoms with E-state index in [2.05, 4.69) is 0 Å². The molecule has 0 radical (unpaired) electrons. The zero-order chi connectivity index (χ0) is 8.27. The lowest BCUT2D eigenvalue weighted by atomic mass is 10.1. The average molecular weight is 159 g/mol. The molecule has 2 atom stereocenters. The molecule has 0 aromatic rings. The minimum Gasteiger partial charge on any atom is -0.458 e. The van der Waals surface area contributed by atoms with Crippen molar-refractivity contribution in [1.29, 1.82) is 0 Å². The molecule has 0 saturated carbocycles. The fourth-order valence-corrected chi connectivity index (χ4v) is 1.06. The van der Waals surface area contributed by atoms with Gasteiger partial charge in [-0.15, -0.1) is 0 Å². The van der Waals surface area contributed by atoms with Gasteiger partial charge in [0.05, 0.1) is 6.61 Å². The van der Waals surface area contributed by atoms with Crippen molar-refractivity contribution in [3.05, 3.63) is 0 Å². The van der Waals surface area contributed by atoms with Crippen molar-refractivity contribution < 1.29 is 14.3 Å². The zero-order valence-electron chi connectivity index (χ0n) is 6.58. The number of carbonyl (C=O) groups is 1. The van der Waals surface area contributed by atoms with Gasteiger partial charge < -0.3 is 15.2 Å². The highest BCUT2D eigenvalue weighted by molar-refractivity contribution is 5.66. The summed E-state index contributed by atoms with van der Waals surface area (Å²) >= 11 is 0. The van der Waals surface area contributed by atoms with Gasteiger partial charge >= 0.3 is 5.97 Å². The summed E-state index contributed by atoms with van der Waals surface area (Å²) in [6.07, 6.45) is 0.513. The molecule has 4 heteroatoms. The first kappa shape index (κ1) is 8.49. The number of carbonyl (C=O) groups excluding carboxylic acids is 1. The van der Waals surface area contributed by atoms with Crippen LogP contribution in [0.4, 0.5) is 0 Å². The van der Waals surface area contributed by atoms with Crippen LogP contribution in [0.15, 0.2) is 0 Å². The standard InChI is InChI=1S/C7H13NO3/c1-5(9)11-7-4-10-3-2-6(7)8/h6-7H,2-4,8H2,1H3. The van der Waals surface area contributed by atoms with Crippen molar-refractivity contribution in [2.75, 3.05) is 13.2 Å². The normalized spacial score (nSPS) is 31.5. The Kier molecular flexibility index (Phi) is 2.84. The quantitative estimate of drug-likeness (QED) is 0.532. The lowest BCUT2D eigenvalue weighted by Crippen LogP contribution is -2.45. The monoisotopic (exact) mass is 159 g/mol. The fourth-order valence-electron chi connectivity index (χ4n) is 1.06. The Morgan fingerprint density at radius 2 is 2.45 bits per heavy atom. The van der Waals surface area contributed by atoms with Crippen LogP contribution in [0.1, 0.15) is 13.3 Å². The van der Waals surface area contributed by atoms with Crippen molar-refractivity contribution in [2.45, 2.75) is 25.5 Å². The summed E-state index contributed by atoms with van der Waals surface area (Å²) < 4.78 is 10.0. The van der Waals surface area contributed by atoms with Gasteiger partial charge in [-0.25, -0.2) is 0 Å². The van der Waals surface area contributed by atoms with Crippen LogP contribution in [0.2, 0.25) is 0 Å². The lowest BCUT2D eigenvalue weighted by Gasteiger charge is -2.27. The summed E-state index contributed by atoms with van der Waals surface area (Å²) in [7, 11) is 0. The van der Waals surface area contributed by atoms with Gasteiger partial charge in [-0.3, -0.25) is 4.79 Å². The molecule has 0 spiro atoms. The maximum atomic E-state index is 10.5. The lowest BCUT2D eigenvalue weighted by molar-refractivity contribution is -0.154. The highest BCUT2D eigenvalue weighted by atomic mass is 16.6. The topological polar surface area (TPSA) is 61.5 Å². The molecular formula is C7H13NO3. The molecule has 64 valence electrons. The van der Waals surface area contributed by atoms with E-state index >= 15 is 0 Å². The van der Waals surface area contributed by atoms with Gasteiger partial charge in [0.15, 0.2) is 0 Å². The van der Waals surface area contributed by atoms with Crippen LogP contribution in [0.5, 0.6) is 0 Å². The first-order valence-electron chi connectivity index (χ1n) is 3.70. The van der Waals surface area contributed by atoms with Crippen molar-refractivity contribution in [1.82, 2.24) is 0 Å². The number of esters is 1. The van der Waals surface area contributed by atoms with Crippen molar-refractivity contribution in [3.63, 3.8) is 0 Å². The molecule has 0 aromatic carbocycles. The van der Waals surface area contributed by atoms with E-state index in [1.165, 1.54) is 6.92 Å². The van der Waals surface area contributed by atoms with Crippen molar-refractivity contribution >= 4 is 5.97 Å². The zero-order valence-corrected chi connectivity index (χ0v) is 6.58. The summed E-state index contributed by atoms with van der Waals surface area (Å²) in [6.45, 7) is 2.47. The van der Waals surface area contributed by atoms with Gasteiger partial charge in [-0.2, -0.15) is 0 Å². The van der Waals surface area contributed by atoms with Crippen LogP contribution in [0.3, 0.4) is 0 Å². The molecular weight excluding hydrogens is 146 g/mol. The van der Waals surface area contributed by atoms with Crippen LogP contribution in [-0.4, -0.2) is 31.3 Å². The molecule has 1 rings (SSSR count). The summed E-state index contributed by atoms with van der Waals surface area (Å²) in [5, 5.41) is 0.